The van der Waals surface area contributed by atoms with Crippen molar-refractivity contribution in [1.29, 1.82) is 21.0 Å². The number of nitrogens with zero attached hydrogens (tertiary/aromatic N) is 10. The standard InChI is InChI=1S/C24H18Cl2N4O4S.C23H14Cl3N3O2.C15H10BrCl2NO2.C14H16BClN2O2.C9H8BCl2NO3.C6H5BrO/c1-35(31,32)30-24-28-14-18-10-16(4-7-22(18)29-24)15-2-5-19(6-3-15)34-20-11-17(13-27)23(21(26)12-20)33-9-8-25;24-7-8-30-22-16(12-27)10-19(11-20(22)25)31-18-4-1-14(2-5-18)15-3-6-21-17(9-15)13-28-23(26)29-21;16-11-1-3-12(4-2-11)21-13-7-10(9-19)15(14(18)8-13)20-6-5-17;1-13(2)14(3,4)20-15(19-13)10-5-6-11-9(7-10)8-17-12(16)18-11;11-1-2-16-9-6(5-13)3-7(10(14)15)4-8(9)12;7-5-1-3-6(8)4-2-5/h2-7,10-12,14H,8-9H2,1H3,(H,28,29,30);1-6,9-11,13H,7-8H2;1-4,7-8H,5-6H2;5-8H,1-4H3;3-4,14-15H,1-2H2;1-4,8H. The Morgan fingerprint density at radius 2 is 0.756 bits per heavy atom. The molecule has 1 saturated heterocycles. The van der Waals surface area contributed by atoms with E-state index in [1.807, 2.05) is 149 Å². The summed E-state index contributed by atoms with van der Waals surface area (Å²) in [4.78, 5) is 24.7. The van der Waals surface area contributed by atoms with Crippen LogP contribution in [0, 0.1) is 45.3 Å². The Hall–Kier alpha value is -10.6. The third-order valence-corrected chi connectivity index (χ3v) is 22.1. The van der Waals surface area contributed by atoms with Crippen molar-refractivity contribution in [3.05, 3.63) is 281 Å². The average molecular weight is 2110 g/mol. The Morgan fingerprint density at radius 3 is 1.11 bits per heavy atom. The minimum Gasteiger partial charge on any atom is -0.508 e. The lowest BCUT2D eigenvalue weighted by Crippen LogP contribution is -2.41. The molecular formula is C91H71B2Br2Cl10N11O14S. The summed E-state index contributed by atoms with van der Waals surface area (Å²) in [6.07, 6.45) is 6.01. The van der Waals surface area contributed by atoms with Crippen LogP contribution in [0.2, 0.25) is 30.7 Å². The number of anilines is 1. The van der Waals surface area contributed by atoms with Crippen molar-refractivity contribution in [3.8, 4) is 110 Å². The number of hydrogen-bond acceptors (Lipinski definition) is 24. The molecule has 4 N–H and O–H groups in total. The van der Waals surface area contributed by atoms with Gasteiger partial charge in [0, 0.05) is 80.1 Å². The number of fused-ring (bicyclic) bond motifs is 3. The van der Waals surface area contributed by atoms with Crippen LogP contribution in [0.15, 0.2) is 228 Å². The molecule has 0 unspecified atom stereocenters. The second-order valence-electron chi connectivity index (χ2n) is 28.3. The Balaban J connectivity index is 0.000000170. The van der Waals surface area contributed by atoms with E-state index >= 15 is 0 Å². The average Bonchev–Trinajstić information content (AvgIpc) is 1.66. The summed E-state index contributed by atoms with van der Waals surface area (Å²) >= 11 is 65.0. The molecular weight excluding hydrogens is 2040 g/mol. The molecule has 40 heteroatoms. The minimum atomic E-state index is -3.46. The third kappa shape index (κ3) is 29.7. The highest BCUT2D eigenvalue weighted by molar-refractivity contribution is 9.10. The van der Waals surface area contributed by atoms with Gasteiger partial charge in [0.25, 0.3) is 0 Å². The zero-order valence-electron chi connectivity index (χ0n) is 69.3. The highest BCUT2D eigenvalue weighted by Crippen LogP contribution is 2.42. The molecule has 3 aromatic heterocycles. The third-order valence-electron chi connectivity index (χ3n) is 18.4. The summed E-state index contributed by atoms with van der Waals surface area (Å²) in [5.41, 5.74) is 7.46. The molecule has 1 aliphatic rings. The smallest absolute Gasteiger partial charge is 0.494 e. The molecule has 25 nitrogen and oxygen atoms in total. The van der Waals surface area contributed by atoms with E-state index < -0.39 is 17.1 Å². The van der Waals surface area contributed by atoms with Gasteiger partial charge >= 0.3 is 14.2 Å². The molecule has 0 bridgehead atoms. The molecule has 14 aromatic rings. The van der Waals surface area contributed by atoms with Gasteiger partial charge in [-0.3, -0.25) is 4.72 Å². The number of benzene rings is 11. The van der Waals surface area contributed by atoms with Gasteiger partial charge in [-0.1, -0.05) is 127 Å². The first-order valence-corrected chi connectivity index (χ1v) is 46.5. The summed E-state index contributed by atoms with van der Waals surface area (Å²) < 4.78 is 78.0. The number of halogens is 12. The number of sulfonamides is 1. The van der Waals surface area contributed by atoms with Gasteiger partial charge < -0.3 is 57.6 Å². The fourth-order valence-corrected chi connectivity index (χ4v) is 14.3. The van der Waals surface area contributed by atoms with Crippen molar-refractivity contribution >= 4 is 222 Å². The number of rotatable bonds is 24. The van der Waals surface area contributed by atoms with Crippen LogP contribution >= 0.6 is 148 Å². The van der Waals surface area contributed by atoms with E-state index in [1.54, 1.807) is 97.5 Å². The van der Waals surface area contributed by atoms with Gasteiger partial charge in [0.05, 0.1) is 99.9 Å². The van der Waals surface area contributed by atoms with Crippen LogP contribution in [0.3, 0.4) is 0 Å². The molecule has 131 heavy (non-hydrogen) atoms. The Bertz CT molecular complexity index is 6650. The van der Waals surface area contributed by atoms with Crippen molar-refractivity contribution in [3.63, 3.8) is 0 Å². The number of aromatic hydroxyl groups is 1. The fourth-order valence-electron chi connectivity index (χ4n) is 11.7. The summed E-state index contributed by atoms with van der Waals surface area (Å²) in [5.74, 6) is 5.70. The van der Waals surface area contributed by atoms with Crippen LogP contribution in [-0.2, 0) is 19.3 Å². The minimum absolute atomic E-state index is 0.0209. The zero-order valence-corrected chi connectivity index (χ0v) is 80.9. The first-order valence-electron chi connectivity index (χ1n) is 38.6. The van der Waals surface area contributed by atoms with Gasteiger partial charge in [-0.05, 0) is 199 Å². The molecule has 670 valence electrons. The first kappa shape index (κ1) is 102. The fraction of sp³-hybridized carbons (Fsp3) is 0.165. The molecule has 0 spiro atoms. The van der Waals surface area contributed by atoms with Crippen molar-refractivity contribution in [2.24, 2.45) is 0 Å². The normalized spacial score (nSPS) is 12.0. The van der Waals surface area contributed by atoms with Crippen LogP contribution in [0.4, 0.5) is 5.95 Å². The van der Waals surface area contributed by atoms with E-state index in [0.717, 1.165) is 70.1 Å². The van der Waals surface area contributed by atoms with Crippen LogP contribution < -0.4 is 48.8 Å². The molecule has 0 radical (unpaired) electrons. The zero-order chi connectivity index (χ0) is 94.7. The summed E-state index contributed by atoms with van der Waals surface area (Å²) in [6.45, 7) is 9.14. The van der Waals surface area contributed by atoms with Gasteiger partial charge in [-0.2, -0.15) is 21.0 Å². The van der Waals surface area contributed by atoms with Gasteiger partial charge in [0.1, 0.15) is 91.0 Å². The predicted octanol–water partition coefficient (Wildman–Crippen LogP) is 23.1. The number of hydrogen-bond donors (Lipinski definition) is 4. The maximum atomic E-state index is 11.4. The van der Waals surface area contributed by atoms with E-state index in [-0.39, 0.29) is 122 Å². The van der Waals surface area contributed by atoms with E-state index in [1.165, 1.54) is 12.1 Å². The number of alkyl halides is 4. The number of nitrogens with one attached hydrogen (secondary N) is 1. The summed E-state index contributed by atoms with van der Waals surface area (Å²) in [7, 11) is -5.51. The molecule has 0 saturated carbocycles. The van der Waals surface area contributed by atoms with Crippen LogP contribution in [0.25, 0.3) is 55.0 Å². The van der Waals surface area contributed by atoms with Crippen molar-refractivity contribution in [2.45, 2.75) is 38.9 Å². The number of aromatic nitrogens is 6. The van der Waals surface area contributed by atoms with Crippen molar-refractivity contribution in [1.82, 2.24) is 29.9 Å². The Labute approximate surface area is 821 Å². The molecule has 1 aliphatic heterocycles. The topological polar surface area (TPSA) is 362 Å². The second kappa shape index (κ2) is 48.7. The molecule has 0 atom stereocenters. The van der Waals surface area contributed by atoms with Gasteiger partial charge in [-0.15, -0.1) is 46.4 Å². The van der Waals surface area contributed by atoms with Gasteiger partial charge in [0.15, 0.2) is 23.0 Å². The van der Waals surface area contributed by atoms with E-state index in [9.17, 15) is 24.2 Å². The summed E-state index contributed by atoms with van der Waals surface area (Å²) in [5, 5.41) is 67.6. The molecule has 11 aromatic carbocycles. The highest BCUT2D eigenvalue weighted by Gasteiger charge is 2.52. The Morgan fingerprint density at radius 1 is 0.427 bits per heavy atom. The van der Waals surface area contributed by atoms with Gasteiger partial charge in [0.2, 0.25) is 26.5 Å². The van der Waals surface area contributed by atoms with Crippen LogP contribution in [-0.4, -0.2) is 135 Å². The van der Waals surface area contributed by atoms with Crippen LogP contribution in [0.5, 0.6) is 63.2 Å². The lowest BCUT2D eigenvalue weighted by Gasteiger charge is -2.32. The van der Waals surface area contributed by atoms with Crippen molar-refractivity contribution in [2.75, 3.05) is 60.9 Å². The summed E-state index contributed by atoms with van der Waals surface area (Å²) in [6, 6.07) is 66.6. The quantitative estimate of drug-likeness (QED) is 0.0248. The van der Waals surface area contributed by atoms with Crippen molar-refractivity contribution < 1.29 is 66.0 Å². The maximum Gasteiger partial charge on any atom is 0.494 e. The maximum absolute atomic E-state index is 11.4. The van der Waals surface area contributed by atoms with Crippen LogP contribution in [0.1, 0.15) is 49.9 Å². The Kier molecular flexibility index (Phi) is 38.1. The largest absolute Gasteiger partial charge is 0.508 e. The van der Waals surface area contributed by atoms with Gasteiger partial charge in [-0.25, -0.2) is 38.3 Å². The second-order valence-corrected chi connectivity index (χ2v) is 35.7. The molecule has 0 amide bonds. The lowest BCUT2D eigenvalue weighted by molar-refractivity contribution is 0.00578. The molecule has 1 fully saturated rings. The van der Waals surface area contributed by atoms with E-state index in [0.29, 0.717) is 79.6 Å². The number of ether oxygens (including phenoxy) is 7. The highest BCUT2D eigenvalue weighted by atomic mass is 79.9. The predicted molar refractivity (Wildman–Crippen MR) is 523 cm³/mol. The van der Waals surface area contributed by atoms with E-state index in [4.69, 9.17) is 179 Å². The number of nitriles is 4. The molecule has 4 heterocycles. The molecule has 0 aliphatic carbocycles. The molecule has 15 rings (SSSR count). The monoisotopic (exact) mass is 2100 g/mol. The SMILES string of the molecule is CC1(C)OB(c2ccc3nc(Cl)ncc3c2)OC1(C)C.CS(=O)(=O)Nc1ncc2cc(-c3ccc(Oc4cc(Cl)c(OCCCl)c(C#N)c4)cc3)ccc2n1.N#Cc1cc(B(O)O)cc(Cl)c1OCCCl.N#Cc1cc(Oc2ccc(-c3ccc4nc(Cl)ncc4c3)cc2)cc(Cl)c1OCCCl.N#Cc1cc(Oc2ccc(Br)cc2)cc(Cl)c1OCCCl.Oc1ccc(Br)cc1. The number of phenols is 1. The van der Waals surface area contributed by atoms with E-state index in [2.05, 4.69) is 78.6 Å². The number of phenolic OH excluding ortho intramolecular Hbond substituents is 1. The lowest BCUT2D eigenvalue weighted by atomic mass is 9.78. The first-order chi connectivity index (χ1) is 62.6.